The molecular formula is C23H28Cl2N2O3S. The Morgan fingerprint density at radius 1 is 1.10 bits per heavy atom. The van der Waals surface area contributed by atoms with Crippen LogP contribution < -0.4 is 5.32 Å². The molecule has 8 heteroatoms. The van der Waals surface area contributed by atoms with Crippen molar-refractivity contribution in [2.24, 2.45) is 5.92 Å². The summed E-state index contributed by atoms with van der Waals surface area (Å²) in [5.74, 6) is -0.473. The molecule has 1 aliphatic rings. The van der Waals surface area contributed by atoms with Crippen LogP contribution >= 0.6 is 23.2 Å². The highest BCUT2D eigenvalue weighted by atomic mass is 35.5. The Labute approximate surface area is 194 Å². The van der Waals surface area contributed by atoms with Gasteiger partial charge >= 0.3 is 0 Å². The summed E-state index contributed by atoms with van der Waals surface area (Å²) < 4.78 is 27.2. The van der Waals surface area contributed by atoms with Crippen molar-refractivity contribution >= 4 is 39.1 Å². The number of carbonyl (C=O) groups is 1. The fraction of sp³-hybridized carbons (Fsp3) is 0.435. The number of nitrogens with one attached hydrogen (secondary N) is 1. The minimum absolute atomic E-state index is 0.0294. The van der Waals surface area contributed by atoms with Crippen LogP contribution in [0.5, 0.6) is 0 Å². The highest BCUT2D eigenvalue weighted by Crippen LogP contribution is 2.29. The van der Waals surface area contributed by atoms with Gasteiger partial charge in [0.25, 0.3) is 0 Å². The quantitative estimate of drug-likeness (QED) is 0.605. The van der Waals surface area contributed by atoms with Crippen LogP contribution in [0.1, 0.15) is 49.4 Å². The minimum Gasteiger partial charge on any atom is -0.349 e. The topological polar surface area (TPSA) is 66.5 Å². The van der Waals surface area contributed by atoms with Crippen LogP contribution in [0.4, 0.5) is 0 Å². The van der Waals surface area contributed by atoms with Crippen LogP contribution in [0.3, 0.4) is 0 Å². The molecule has 0 bridgehead atoms. The fourth-order valence-corrected chi connectivity index (χ4v) is 6.11. The number of aryl methyl sites for hydroxylation is 1. The van der Waals surface area contributed by atoms with E-state index in [1.165, 1.54) is 9.87 Å². The van der Waals surface area contributed by atoms with Crippen LogP contribution in [-0.2, 0) is 27.0 Å². The number of carbonyl (C=O) groups excluding carboxylic acids is 1. The molecule has 1 aliphatic heterocycles. The second-order valence-corrected chi connectivity index (χ2v) is 10.7. The van der Waals surface area contributed by atoms with E-state index in [9.17, 15) is 13.2 Å². The van der Waals surface area contributed by atoms with E-state index in [4.69, 9.17) is 23.2 Å². The normalized spacial score (nSPS) is 16.8. The van der Waals surface area contributed by atoms with Gasteiger partial charge in [-0.15, -0.1) is 0 Å². The summed E-state index contributed by atoms with van der Waals surface area (Å²) >= 11 is 12.3. The lowest BCUT2D eigenvalue weighted by Crippen LogP contribution is -2.43. The standard InChI is InChI=1S/C23H28Cl2N2O3S/c1-3-17-7-9-18(10-8-17)16(2)26-23(28)19-11-13-27(14-12-19)31(29,30)15-20-21(24)5-4-6-22(20)25/h4-10,16,19H,3,11-15H2,1-2H3,(H,26,28)/t16-/m1/s1. The molecule has 168 valence electrons. The predicted octanol–water partition coefficient (Wildman–Crippen LogP) is 4.98. The van der Waals surface area contributed by atoms with E-state index >= 15 is 0 Å². The maximum Gasteiger partial charge on any atom is 0.223 e. The smallest absolute Gasteiger partial charge is 0.223 e. The van der Waals surface area contributed by atoms with Crippen LogP contribution in [0, 0.1) is 5.92 Å². The van der Waals surface area contributed by atoms with E-state index in [2.05, 4.69) is 24.4 Å². The molecule has 2 aromatic rings. The Bertz CT molecular complexity index is 997. The van der Waals surface area contributed by atoms with Crippen LogP contribution in [-0.4, -0.2) is 31.7 Å². The molecule has 0 aromatic heterocycles. The number of benzene rings is 2. The molecular weight excluding hydrogens is 455 g/mol. The fourth-order valence-electron chi connectivity index (χ4n) is 3.80. The molecule has 1 fully saturated rings. The Hall–Kier alpha value is -1.60. The predicted molar refractivity (Wildman–Crippen MR) is 126 cm³/mol. The zero-order valence-electron chi connectivity index (χ0n) is 17.8. The molecule has 1 N–H and O–H groups in total. The molecule has 0 unspecified atom stereocenters. The van der Waals surface area contributed by atoms with Gasteiger partial charge in [-0.05, 0) is 49.4 Å². The average Bonchev–Trinajstić information content (AvgIpc) is 2.76. The number of piperidine rings is 1. The molecule has 1 amide bonds. The summed E-state index contributed by atoms with van der Waals surface area (Å²) in [5, 5.41) is 3.75. The molecule has 5 nitrogen and oxygen atoms in total. The summed E-state index contributed by atoms with van der Waals surface area (Å²) in [6.07, 6.45) is 1.96. The third-order valence-electron chi connectivity index (χ3n) is 5.85. The van der Waals surface area contributed by atoms with E-state index in [0.717, 1.165) is 12.0 Å². The molecule has 1 heterocycles. The first-order chi connectivity index (χ1) is 14.7. The molecule has 0 spiro atoms. The highest BCUT2D eigenvalue weighted by molar-refractivity contribution is 7.88. The van der Waals surface area contributed by atoms with Gasteiger partial charge in [0, 0.05) is 34.6 Å². The van der Waals surface area contributed by atoms with Crippen molar-refractivity contribution in [3.8, 4) is 0 Å². The summed E-state index contributed by atoms with van der Waals surface area (Å²) in [7, 11) is -3.57. The van der Waals surface area contributed by atoms with Gasteiger partial charge in [0.1, 0.15) is 0 Å². The first-order valence-corrected chi connectivity index (χ1v) is 12.9. The Morgan fingerprint density at radius 2 is 1.68 bits per heavy atom. The zero-order chi connectivity index (χ0) is 22.6. The Balaban J connectivity index is 1.56. The number of nitrogens with zero attached hydrogens (tertiary/aromatic N) is 1. The minimum atomic E-state index is -3.57. The molecule has 1 atom stereocenters. The van der Waals surface area contributed by atoms with Gasteiger partial charge in [-0.3, -0.25) is 4.79 Å². The van der Waals surface area contributed by atoms with Gasteiger partial charge in [0.15, 0.2) is 0 Å². The third-order valence-corrected chi connectivity index (χ3v) is 8.37. The van der Waals surface area contributed by atoms with E-state index in [0.29, 0.717) is 41.5 Å². The van der Waals surface area contributed by atoms with E-state index in [1.807, 2.05) is 19.1 Å². The second-order valence-electron chi connectivity index (χ2n) is 7.96. The second kappa shape index (κ2) is 10.3. The maximum absolute atomic E-state index is 12.9. The molecule has 31 heavy (non-hydrogen) atoms. The summed E-state index contributed by atoms with van der Waals surface area (Å²) in [5.41, 5.74) is 2.73. The molecule has 3 rings (SSSR count). The molecule has 0 radical (unpaired) electrons. The van der Waals surface area contributed by atoms with Gasteiger partial charge in [-0.2, -0.15) is 0 Å². The number of halogens is 2. The number of amides is 1. The molecule has 1 saturated heterocycles. The van der Waals surface area contributed by atoms with Crippen molar-refractivity contribution in [2.75, 3.05) is 13.1 Å². The van der Waals surface area contributed by atoms with Crippen molar-refractivity contribution in [1.29, 1.82) is 0 Å². The first-order valence-electron chi connectivity index (χ1n) is 10.5. The van der Waals surface area contributed by atoms with Crippen LogP contribution in [0.15, 0.2) is 42.5 Å². The largest absolute Gasteiger partial charge is 0.349 e. The number of hydrogen-bond acceptors (Lipinski definition) is 3. The van der Waals surface area contributed by atoms with E-state index in [1.54, 1.807) is 18.2 Å². The number of sulfonamides is 1. The third kappa shape index (κ3) is 6.01. The lowest BCUT2D eigenvalue weighted by atomic mass is 9.96. The number of hydrogen-bond donors (Lipinski definition) is 1. The lowest BCUT2D eigenvalue weighted by molar-refractivity contribution is -0.126. The summed E-state index contributed by atoms with van der Waals surface area (Å²) in [6, 6.07) is 13.1. The van der Waals surface area contributed by atoms with E-state index in [-0.39, 0.29) is 23.6 Å². The van der Waals surface area contributed by atoms with Gasteiger partial charge in [0.05, 0.1) is 11.8 Å². The molecule has 0 saturated carbocycles. The maximum atomic E-state index is 12.9. The molecule has 0 aliphatic carbocycles. The number of rotatable bonds is 7. The molecule has 2 aromatic carbocycles. The van der Waals surface area contributed by atoms with Crippen molar-refractivity contribution < 1.29 is 13.2 Å². The summed E-state index contributed by atoms with van der Waals surface area (Å²) in [6.45, 7) is 4.69. The van der Waals surface area contributed by atoms with Gasteiger partial charge in [-0.25, -0.2) is 12.7 Å². The van der Waals surface area contributed by atoms with Gasteiger partial charge in [0.2, 0.25) is 15.9 Å². The Morgan fingerprint density at radius 3 is 2.23 bits per heavy atom. The van der Waals surface area contributed by atoms with E-state index < -0.39 is 10.0 Å². The zero-order valence-corrected chi connectivity index (χ0v) is 20.1. The van der Waals surface area contributed by atoms with Crippen molar-refractivity contribution in [3.63, 3.8) is 0 Å². The van der Waals surface area contributed by atoms with Crippen LogP contribution in [0.25, 0.3) is 0 Å². The first kappa shape index (κ1) is 24.1. The summed E-state index contributed by atoms with van der Waals surface area (Å²) in [4.78, 5) is 12.7. The lowest BCUT2D eigenvalue weighted by Gasteiger charge is -2.31. The van der Waals surface area contributed by atoms with Crippen molar-refractivity contribution in [3.05, 3.63) is 69.2 Å². The van der Waals surface area contributed by atoms with Gasteiger partial charge < -0.3 is 5.32 Å². The van der Waals surface area contributed by atoms with Crippen LogP contribution in [0.2, 0.25) is 10.0 Å². The van der Waals surface area contributed by atoms with Crippen molar-refractivity contribution in [1.82, 2.24) is 9.62 Å². The monoisotopic (exact) mass is 482 g/mol. The average molecular weight is 483 g/mol. The Kier molecular flexibility index (Phi) is 8.03. The van der Waals surface area contributed by atoms with Gasteiger partial charge in [-0.1, -0.05) is 60.5 Å². The van der Waals surface area contributed by atoms with Crippen molar-refractivity contribution in [2.45, 2.75) is 44.9 Å². The highest BCUT2D eigenvalue weighted by Gasteiger charge is 2.32. The SMILES string of the molecule is CCc1ccc([C@@H](C)NC(=O)C2CCN(S(=O)(=O)Cc3c(Cl)cccc3Cl)CC2)cc1.